The van der Waals surface area contributed by atoms with Crippen LogP contribution in [0.2, 0.25) is 0 Å². The van der Waals surface area contributed by atoms with Crippen LogP contribution in [0.1, 0.15) is 46.8 Å². The molecule has 1 aliphatic rings. The topological polar surface area (TPSA) is 83.9 Å². The van der Waals surface area contributed by atoms with Gasteiger partial charge in [-0.25, -0.2) is 4.79 Å². The largest absolute Gasteiger partial charge is 0.465 e. The number of carbonyl (C=O) groups is 2. The first-order chi connectivity index (χ1) is 16.5. The normalized spacial score (nSPS) is 15.2. The number of carbonyl (C=O) groups excluding carboxylic acids is 2. The third-order valence-electron chi connectivity index (χ3n) is 6.02. The minimum absolute atomic E-state index is 0.197. The molecule has 7 nitrogen and oxygen atoms in total. The lowest BCUT2D eigenvalue weighted by atomic mass is 9.91. The number of nitrogens with zero attached hydrogens (tertiary/aromatic N) is 3. The van der Waals surface area contributed by atoms with Crippen LogP contribution in [0, 0.1) is 0 Å². The molecule has 7 heteroatoms. The highest BCUT2D eigenvalue weighted by atomic mass is 16.5. The minimum Gasteiger partial charge on any atom is -0.465 e. The molecular formula is C27H28N4O3. The van der Waals surface area contributed by atoms with E-state index in [4.69, 9.17) is 9.73 Å². The van der Waals surface area contributed by atoms with Gasteiger partial charge in [-0.05, 0) is 54.5 Å². The maximum absolute atomic E-state index is 13.1. The molecule has 1 aliphatic heterocycles. The van der Waals surface area contributed by atoms with Crippen LogP contribution < -0.4 is 5.32 Å². The summed E-state index contributed by atoms with van der Waals surface area (Å²) < 4.78 is 4.81. The van der Waals surface area contributed by atoms with Gasteiger partial charge in [-0.3, -0.25) is 19.7 Å². The van der Waals surface area contributed by atoms with Gasteiger partial charge in [0.05, 0.1) is 24.1 Å². The summed E-state index contributed by atoms with van der Waals surface area (Å²) in [7, 11) is 1.33. The number of hydrogen-bond acceptors (Lipinski definition) is 6. The SMILES string of the molecule is CCN(CC)Cc1ccc(N=C(c2cccnc2)C2C(=O)Nc3cc(C(=O)OC)ccc32)cc1. The Morgan fingerprint density at radius 2 is 1.85 bits per heavy atom. The van der Waals surface area contributed by atoms with E-state index in [0.29, 0.717) is 17.0 Å². The molecule has 2 heterocycles. The van der Waals surface area contributed by atoms with Crippen LogP contribution in [0.4, 0.5) is 11.4 Å². The van der Waals surface area contributed by atoms with Gasteiger partial charge in [0.1, 0.15) is 5.92 Å². The smallest absolute Gasteiger partial charge is 0.337 e. The zero-order valence-corrected chi connectivity index (χ0v) is 19.6. The Kier molecular flexibility index (Phi) is 7.13. The minimum atomic E-state index is -0.624. The summed E-state index contributed by atoms with van der Waals surface area (Å²) in [6.07, 6.45) is 3.40. The Hall–Kier alpha value is -3.84. The third kappa shape index (κ3) is 4.89. The molecule has 0 saturated carbocycles. The average molecular weight is 457 g/mol. The molecule has 1 unspecified atom stereocenters. The number of anilines is 1. The molecule has 0 fully saturated rings. The Morgan fingerprint density at radius 1 is 1.09 bits per heavy atom. The number of fused-ring (bicyclic) bond motifs is 1. The highest BCUT2D eigenvalue weighted by molar-refractivity contribution is 6.24. The van der Waals surface area contributed by atoms with Gasteiger partial charge in [0, 0.05) is 30.2 Å². The maximum Gasteiger partial charge on any atom is 0.337 e. The number of amides is 1. The number of aromatic nitrogens is 1. The van der Waals surface area contributed by atoms with E-state index >= 15 is 0 Å². The molecule has 1 atom stereocenters. The third-order valence-corrected chi connectivity index (χ3v) is 6.02. The second-order valence-corrected chi connectivity index (χ2v) is 8.08. The number of pyridine rings is 1. The van der Waals surface area contributed by atoms with E-state index in [1.807, 2.05) is 24.3 Å². The van der Waals surface area contributed by atoms with E-state index in [1.165, 1.54) is 12.7 Å². The molecular weight excluding hydrogens is 428 g/mol. The Balaban J connectivity index is 1.72. The molecule has 0 aliphatic carbocycles. The van der Waals surface area contributed by atoms with Crippen LogP contribution in [0.5, 0.6) is 0 Å². The number of benzene rings is 2. The lowest BCUT2D eigenvalue weighted by Crippen LogP contribution is -2.22. The second kappa shape index (κ2) is 10.4. The highest BCUT2D eigenvalue weighted by Crippen LogP contribution is 2.37. The van der Waals surface area contributed by atoms with Gasteiger partial charge in [-0.2, -0.15) is 0 Å². The average Bonchev–Trinajstić information content (AvgIpc) is 3.21. The van der Waals surface area contributed by atoms with Crippen LogP contribution in [0.25, 0.3) is 0 Å². The van der Waals surface area contributed by atoms with Crippen molar-refractivity contribution >= 4 is 29.0 Å². The van der Waals surface area contributed by atoms with Crippen molar-refractivity contribution in [2.45, 2.75) is 26.3 Å². The first-order valence-electron chi connectivity index (χ1n) is 11.4. The molecule has 0 radical (unpaired) electrons. The van der Waals surface area contributed by atoms with E-state index in [0.717, 1.165) is 36.4 Å². The van der Waals surface area contributed by atoms with Crippen molar-refractivity contribution in [1.29, 1.82) is 0 Å². The number of esters is 1. The Labute approximate surface area is 199 Å². The van der Waals surface area contributed by atoms with Crippen LogP contribution in [-0.4, -0.2) is 47.7 Å². The number of aliphatic imine (C=N–C) groups is 1. The lowest BCUT2D eigenvalue weighted by Gasteiger charge is -2.18. The molecule has 1 amide bonds. The van der Waals surface area contributed by atoms with Crippen LogP contribution >= 0.6 is 0 Å². The predicted octanol–water partition coefficient (Wildman–Crippen LogP) is 4.57. The summed E-state index contributed by atoms with van der Waals surface area (Å²) in [6, 6.07) is 16.9. The molecule has 0 saturated heterocycles. The van der Waals surface area contributed by atoms with Gasteiger partial charge in [0.15, 0.2) is 0 Å². The standard InChI is InChI=1S/C27H28N4O3/c1-4-31(5-2)17-18-8-11-21(12-9-18)29-25(20-7-6-14-28-16-20)24-22-13-10-19(27(33)34-3)15-23(22)30-26(24)32/h6-16,24H,4-5,17H2,1-3H3,(H,30,32). The van der Waals surface area contributed by atoms with Gasteiger partial charge in [0.2, 0.25) is 5.91 Å². The van der Waals surface area contributed by atoms with E-state index in [2.05, 4.69) is 41.2 Å². The second-order valence-electron chi connectivity index (χ2n) is 8.08. The van der Waals surface area contributed by atoms with Gasteiger partial charge >= 0.3 is 5.97 Å². The molecule has 0 spiro atoms. The summed E-state index contributed by atoms with van der Waals surface area (Å²) >= 11 is 0. The predicted molar refractivity (Wildman–Crippen MR) is 133 cm³/mol. The van der Waals surface area contributed by atoms with Gasteiger partial charge in [-0.1, -0.05) is 38.1 Å². The summed E-state index contributed by atoms with van der Waals surface area (Å²) in [5.74, 6) is -1.27. The number of rotatable bonds is 8. The fraction of sp³-hybridized carbons (Fsp3) is 0.259. The number of nitrogens with one attached hydrogen (secondary N) is 1. The van der Waals surface area contributed by atoms with Crippen LogP contribution in [0.15, 0.2) is 72.0 Å². The van der Waals surface area contributed by atoms with Crippen LogP contribution in [-0.2, 0) is 16.1 Å². The molecule has 3 aromatic rings. The monoisotopic (exact) mass is 456 g/mol. The lowest BCUT2D eigenvalue weighted by molar-refractivity contribution is -0.115. The molecule has 4 rings (SSSR count). The fourth-order valence-corrected chi connectivity index (χ4v) is 4.11. The maximum atomic E-state index is 13.1. The van der Waals surface area contributed by atoms with Gasteiger partial charge in [-0.15, -0.1) is 0 Å². The molecule has 34 heavy (non-hydrogen) atoms. The Bertz CT molecular complexity index is 1200. The fourth-order valence-electron chi connectivity index (χ4n) is 4.11. The highest BCUT2D eigenvalue weighted by Gasteiger charge is 2.36. The van der Waals surface area contributed by atoms with Crippen molar-refractivity contribution in [2.75, 3.05) is 25.5 Å². The van der Waals surface area contributed by atoms with Crippen molar-refractivity contribution in [1.82, 2.24) is 9.88 Å². The number of hydrogen-bond donors (Lipinski definition) is 1. The van der Waals surface area contributed by atoms with Crippen LogP contribution in [0.3, 0.4) is 0 Å². The summed E-state index contributed by atoms with van der Waals surface area (Å²) in [4.78, 5) is 36.5. The number of ether oxygens (including phenoxy) is 1. The summed E-state index contributed by atoms with van der Waals surface area (Å²) in [5, 5.41) is 2.89. The van der Waals surface area contributed by atoms with Crippen molar-refractivity contribution in [3.63, 3.8) is 0 Å². The first-order valence-corrected chi connectivity index (χ1v) is 11.4. The van der Waals surface area contributed by atoms with Gasteiger partial charge < -0.3 is 10.1 Å². The molecule has 1 N–H and O–H groups in total. The van der Waals surface area contributed by atoms with Crippen molar-refractivity contribution in [3.8, 4) is 0 Å². The van der Waals surface area contributed by atoms with Crippen molar-refractivity contribution in [3.05, 3.63) is 89.2 Å². The van der Waals surface area contributed by atoms with E-state index in [1.54, 1.807) is 30.6 Å². The molecule has 174 valence electrons. The Morgan fingerprint density at radius 3 is 2.50 bits per heavy atom. The zero-order valence-electron chi connectivity index (χ0n) is 19.6. The van der Waals surface area contributed by atoms with Crippen molar-refractivity contribution < 1.29 is 14.3 Å². The zero-order chi connectivity index (χ0) is 24.1. The first kappa shape index (κ1) is 23.3. The van der Waals surface area contributed by atoms with Crippen molar-refractivity contribution in [2.24, 2.45) is 4.99 Å². The van der Waals surface area contributed by atoms with E-state index in [-0.39, 0.29) is 5.91 Å². The quantitative estimate of drug-likeness (QED) is 0.397. The van der Waals surface area contributed by atoms with Gasteiger partial charge in [0.25, 0.3) is 0 Å². The van der Waals surface area contributed by atoms with E-state index < -0.39 is 11.9 Å². The van der Waals surface area contributed by atoms with E-state index in [9.17, 15) is 9.59 Å². The summed E-state index contributed by atoms with van der Waals surface area (Å²) in [6.45, 7) is 7.18. The molecule has 2 aromatic carbocycles. The molecule has 0 bridgehead atoms. The number of methoxy groups -OCH3 is 1. The summed E-state index contributed by atoms with van der Waals surface area (Å²) in [5.41, 5.74) is 5.07. The molecule has 1 aromatic heterocycles.